The van der Waals surface area contributed by atoms with E-state index in [9.17, 15) is 14.7 Å². The number of morpholine rings is 1. The van der Waals surface area contributed by atoms with E-state index in [1.54, 1.807) is 17.3 Å². The molecule has 3 aliphatic rings. The highest BCUT2D eigenvalue weighted by Gasteiger charge is 2.32. The molecule has 196 valence electrons. The Kier molecular flexibility index (Phi) is 6.57. The number of hydrogen-bond acceptors (Lipinski definition) is 6. The van der Waals surface area contributed by atoms with Crippen molar-refractivity contribution in [2.45, 2.75) is 19.4 Å². The lowest BCUT2D eigenvalue weighted by Gasteiger charge is -2.32. The summed E-state index contributed by atoms with van der Waals surface area (Å²) < 4.78 is 5.38. The second-order valence-electron chi connectivity index (χ2n) is 10.1. The van der Waals surface area contributed by atoms with E-state index in [0.29, 0.717) is 50.4 Å². The fourth-order valence-electron chi connectivity index (χ4n) is 5.68. The van der Waals surface area contributed by atoms with E-state index >= 15 is 0 Å². The maximum Gasteiger partial charge on any atom is 0.256 e. The number of H-pyrrole nitrogens is 1. The van der Waals surface area contributed by atoms with Gasteiger partial charge in [0.05, 0.1) is 30.5 Å². The molecule has 3 aliphatic heterocycles. The van der Waals surface area contributed by atoms with Crippen molar-refractivity contribution < 1.29 is 19.4 Å². The summed E-state index contributed by atoms with van der Waals surface area (Å²) in [5.74, 6) is -0.257. The van der Waals surface area contributed by atoms with E-state index in [-0.39, 0.29) is 11.8 Å². The van der Waals surface area contributed by atoms with Gasteiger partial charge in [0.1, 0.15) is 0 Å². The van der Waals surface area contributed by atoms with Crippen LogP contribution in [0.5, 0.6) is 0 Å². The van der Waals surface area contributed by atoms with Crippen LogP contribution in [-0.2, 0) is 16.0 Å². The number of pyridine rings is 1. The molecule has 0 radical (unpaired) electrons. The number of anilines is 1. The third-order valence-electron chi connectivity index (χ3n) is 7.61. The van der Waals surface area contributed by atoms with Crippen molar-refractivity contribution in [3.05, 3.63) is 70.8 Å². The van der Waals surface area contributed by atoms with Crippen LogP contribution in [-0.4, -0.2) is 88.7 Å². The summed E-state index contributed by atoms with van der Waals surface area (Å²) in [4.78, 5) is 38.0. The molecule has 0 spiro atoms. The van der Waals surface area contributed by atoms with Crippen LogP contribution in [0.4, 0.5) is 5.69 Å². The molecule has 1 atom stereocenters. The molecule has 5 heterocycles. The van der Waals surface area contributed by atoms with Crippen molar-refractivity contribution >= 4 is 29.2 Å². The Morgan fingerprint density at radius 2 is 1.87 bits per heavy atom. The Morgan fingerprint density at radius 3 is 2.66 bits per heavy atom. The Labute approximate surface area is 221 Å². The molecule has 9 nitrogen and oxygen atoms in total. The van der Waals surface area contributed by atoms with Crippen LogP contribution < -0.4 is 5.32 Å². The van der Waals surface area contributed by atoms with Crippen LogP contribution in [0.25, 0.3) is 22.8 Å². The number of nitrogens with zero attached hydrogens (tertiary/aromatic N) is 3. The lowest BCUT2D eigenvalue weighted by atomic mass is 9.94. The van der Waals surface area contributed by atoms with Crippen LogP contribution in [0, 0.1) is 6.92 Å². The van der Waals surface area contributed by atoms with Gasteiger partial charge in [-0.15, -0.1) is 0 Å². The summed E-state index contributed by atoms with van der Waals surface area (Å²) in [6.07, 6.45) is 5.37. The average molecular weight is 514 g/mol. The number of amides is 2. The maximum absolute atomic E-state index is 13.5. The van der Waals surface area contributed by atoms with E-state index in [4.69, 9.17) is 4.74 Å². The van der Waals surface area contributed by atoms with Gasteiger partial charge >= 0.3 is 0 Å². The number of ether oxygens (including phenoxy) is 1. The van der Waals surface area contributed by atoms with Crippen molar-refractivity contribution in [1.82, 2.24) is 19.8 Å². The number of hydrogen-bond donors (Lipinski definition) is 3. The lowest BCUT2D eigenvalue weighted by molar-refractivity contribution is -0.110. The average Bonchev–Trinajstić information content (AvgIpc) is 3.42. The number of carbonyl (C=O) groups is 2. The van der Waals surface area contributed by atoms with Gasteiger partial charge in [-0.3, -0.25) is 19.5 Å². The second-order valence-corrected chi connectivity index (χ2v) is 10.1. The molecule has 3 aromatic rings. The van der Waals surface area contributed by atoms with Crippen molar-refractivity contribution in [1.29, 1.82) is 0 Å². The number of aliphatic hydroxyl groups excluding tert-OH is 1. The highest BCUT2D eigenvalue weighted by molar-refractivity contribution is 6.36. The van der Waals surface area contributed by atoms with Crippen molar-refractivity contribution in [3.63, 3.8) is 0 Å². The van der Waals surface area contributed by atoms with Gasteiger partial charge in [0.15, 0.2) is 0 Å². The van der Waals surface area contributed by atoms with E-state index in [1.807, 2.05) is 43.3 Å². The van der Waals surface area contributed by atoms with Gasteiger partial charge in [-0.1, -0.05) is 12.1 Å². The molecule has 0 saturated carbocycles. The number of nitrogens with one attached hydrogen (secondary N) is 2. The predicted molar refractivity (Wildman–Crippen MR) is 145 cm³/mol. The van der Waals surface area contributed by atoms with Gasteiger partial charge in [-0.25, -0.2) is 0 Å². The zero-order valence-corrected chi connectivity index (χ0v) is 21.4. The minimum atomic E-state index is -0.621. The fourth-order valence-corrected chi connectivity index (χ4v) is 5.68. The van der Waals surface area contributed by atoms with Gasteiger partial charge < -0.3 is 25.0 Å². The van der Waals surface area contributed by atoms with E-state index in [0.717, 1.165) is 52.4 Å². The summed E-state index contributed by atoms with van der Waals surface area (Å²) in [5.41, 5.74) is 7.16. The van der Waals surface area contributed by atoms with Crippen LogP contribution in [0.15, 0.2) is 42.7 Å². The molecule has 1 saturated heterocycles. The van der Waals surface area contributed by atoms with Crippen molar-refractivity contribution in [2.75, 3.05) is 51.3 Å². The van der Waals surface area contributed by atoms with Gasteiger partial charge in [-0.05, 0) is 47.9 Å². The third kappa shape index (κ3) is 4.53. The number of fused-ring (bicyclic) bond motifs is 2. The molecule has 0 aliphatic carbocycles. The Balaban J connectivity index is 1.27. The molecule has 0 bridgehead atoms. The number of rotatable bonds is 6. The molecule has 2 aromatic heterocycles. The van der Waals surface area contributed by atoms with E-state index < -0.39 is 6.10 Å². The molecule has 3 N–H and O–H groups in total. The summed E-state index contributed by atoms with van der Waals surface area (Å²) in [6.45, 7) is 6.21. The first-order valence-electron chi connectivity index (χ1n) is 13.1. The largest absolute Gasteiger partial charge is 0.390 e. The fraction of sp³-hybridized carbons (Fsp3) is 0.345. The smallest absolute Gasteiger partial charge is 0.256 e. The van der Waals surface area contributed by atoms with Gasteiger partial charge in [-0.2, -0.15) is 0 Å². The molecular formula is C29H31N5O4. The van der Waals surface area contributed by atoms with Crippen LogP contribution in [0.2, 0.25) is 0 Å². The summed E-state index contributed by atoms with van der Waals surface area (Å²) >= 11 is 0. The van der Waals surface area contributed by atoms with E-state index in [2.05, 4.69) is 20.2 Å². The zero-order valence-electron chi connectivity index (χ0n) is 21.4. The predicted octanol–water partition coefficient (Wildman–Crippen LogP) is 2.57. The van der Waals surface area contributed by atoms with Crippen LogP contribution >= 0.6 is 0 Å². The lowest BCUT2D eigenvalue weighted by Crippen LogP contribution is -2.47. The molecule has 6 rings (SSSR count). The molecule has 0 unspecified atom stereocenters. The molecule has 38 heavy (non-hydrogen) atoms. The maximum atomic E-state index is 13.5. The zero-order chi connectivity index (χ0) is 26.2. The van der Waals surface area contributed by atoms with Crippen LogP contribution in [0.1, 0.15) is 32.9 Å². The number of aliphatic hydroxyl groups is 1. The summed E-state index contributed by atoms with van der Waals surface area (Å²) in [5, 5.41) is 13.7. The second kappa shape index (κ2) is 10.2. The van der Waals surface area contributed by atoms with E-state index in [1.165, 1.54) is 0 Å². The molecular weight excluding hydrogens is 482 g/mol. The number of aromatic amines is 1. The number of benzene rings is 1. The molecule has 9 heteroatoms. The first-order valence-corrected chi connectivity index (χ1v) is 13.1. The van der Waals surface area contributed by atoms with Crippen LogP contribution in [0.3, 0.4) is 0 Å². The minimum absolute atomic E-state index is 0.0839. The SMILES string of the molecule is Cc1c(C=C2C(=O)Nc3cccc(-c4ccncc4)c32)[nH]c2c1C(=O)N(C[C@H](O)CN1CCOCC1)CC2. The monoisotopic (exact) mass is 513 g/mol. The quantitative estimate of drug-likeness (QED) is 0.437. The van der Waals surface area contributed by atoms with Gasteiger partial charge in [0, 0.05) is 74.2 Å². The topological polar surface area (TPSA) is 111 Å². The highest BCUT2D eigenvalue weighted by Crippen LogP contribution is 2.41. The molecule has 2 amide bonds. The van der Waals surface area contributed by atoms with Gasteiger partial charge in [0.2, 0.25) is 0 Å². The summed E-state index contributed by atoms with van der Waals surface area (Å²) in [6, 6.07) is 9.68. The Bertz CT molecular complexity index is 1410. The normalized spacial score (nSPS) is 19.4. The number of carbonyl (C=O) groups excluding carboxylic acids is 2. The Hall–Kier alpha value is -3.79. The van der Waals surface area contributed by atoms with Crippen molar-refractivity contribution in [2.24, 2.45) is 0 Å². The minimum Gasteiger partial charge on any atom is -0.390 e. The number of aromatic nitrogens is 2. The number of β-amino-alcohol motifs (C(OH)–C–C–N with tert-alkyl or cyclic N) is 1. The van der Waals surface area contributed by atoms with Gasteiger partial charge in [0.25, 0.3) is 11.8 Å². The standard InChI is InChI=1S/C29H31N5O4/c1-18-25(15-22-27-21(19-5-8-30-9-6-19)3-2-4-23(27)32-28(22)36)31-24-7-10-34(29(37)26(18)24)17-20(35)16-33-11-13-38-14-12-33/h2-6,8-9,15,20,31,35H,7,10-14,16-17H2,1H3,(H,32,36)/t20-/m1/s1. The highest BCUT2D eigenvalue weighted by atomic mass is 16.5. The summed E-state index contributed by atoms with van der Waals surface area (Å²) in [7, 11) is 0. The first-order chi connectivity index (χ1) is 18.5. The first kappa shape index (κ1) is 24.5. The molecule has 1 fully saturated rings. The Morgan fingerprint density at radius 1 is 1.08 bits per heavy atom. The third-order valence-corrected chi connectivity index (χ3v) is 7.61. The molecule has 1 aromatic carbocycles. The van der Waals surface area contributed by atoms with Crippen molar-refractivity contribution in [3.8, 4) is 11.1 Å².